The number of nitrogens with one attached hydrogen (secondary N) is 1. The van der Waals surface area contributed by atoms with Crippen molar-refractivity contribution in [1.82, 2.24) is 4.98 Å². The lowest BCUT2D eigenvalue weighted by Crippen LogP contribution is -3.12. The third-order valence-corrected chi connectivity index (χ3v) is 4.54. The third kappa shape index (κ3) is 4.04. The molecule has 0 amide bonds. The van der Waals surface area contributed by atoms with E-state index in [0.717, 1.165) is 22.1 Å². The number of nitrogens with zero attached hydrogens (tertiary/aromatic N) is 1. The van der Waals surface area contributed by atoms with E-state index in [1.807, 2.05) is 13.8 Å². The van der Waals surface area contributed by atoms with Gasteiger partial charge in [-0.25, -0.2) is 4.98 Å². The molecular formula is C13H21ClN2OS. The number of hydrogen-bond acceptors (Lipinski definition) is 3. The van der Waals surface area contributed by atoms with Crippen molar-refractivity contribution < 1.29 is 22.1 Å². The predicted octanol–water partition coefficient (Wildman–Crippen LogP) is -1.59. The minimum Gasteiger partial charge on any atom is -1.00 e. The Hall–Kier alpha value is -0.450. The molecule has 1 fully saturated rings. The summed E-state index contributed by atoms with van der Waals surface area (Å²) in [6, 6.07) is 0. The minimum atomic E-state index is 0. The fraction of sp³-hybridized carbons (Fsp3) is 0.692. The summed E-state index contributed by atoms with van der Waals surface area (Å²) in [6.45, 7) is 7.38. The van der Waals surface area contributed by atoms with Crippen LogP contribution >= 0.6 is 11.3 Å². The molecule has 1 saturated heterocycles. The summed E-state index contributed by atoms with van der Waals surface area (Å²) in [5, 5.41) is 0.996. The summed E-state index contributed by atoms with van der Waals surface area (Å²) in [7, 11) is 0. The summed E-state index contributed by atoms with van der Waals surface area (Å²) in [4.78, 5) is 18.9. The van der Waals surface area contributed by atoms with Gasteiger partial charge < -0.3 is 17.3 Å². The average Bonchev–Trinajstić information content (AvgIpc) is 2.67. The number of aryl methyl sites for hydroxylation is 2. The van der Waals surface area contributed by atoms with E-state index in [2.05, 4.69) is 4.98 Å². The van der Waals surface area contributed by atoms with E-state index < -0.39 is 0 Å². The Labute approximate surface area is 119 Å². The first-order valence-corrected chi connectivity index (χ1v) is 7.29. The number of hydrogen-bond donors (Lipinski definition) is 1. The quantitative estimate of drug-likeness (QED) is 0.678. The van der Waals surface area contributed by atoms with Crippen molar-refractivity contribution in [3.05, 3.63) is 15.6 Å². The lowest BCUT2D eigenvalue weighted by molar-refractivity contribution is -0.904. The molecule has 102 valence electrons. The van der Waals surface area contributed by atoms with Crippen LogP contribution in [0.15, 0.2) is 0 Å². The number of aromatic nitrogens is 1. The van der Waals surface area contributed by atoms with Gasteiger partial charge in [-0.05, 0) is 33.1 Å². The number of likely N-dealkylation sites (tertiary alicyclic amines) is 1. The lowest BCUT2D eigenvalue weighted by Gasteiger charge is -2.22. The number of carbonyl (C=O) groups is 1. The number of thiazole rings is 1. The molecule has 0 aliphatic carbocycles. The number of ketones is 1. The topological polar surface area (TPSA) is 34.4 Å². The minimum absolute atomic E-state index is 0. The Bertz CT molecular complexity index is 400. The van der Waals surface area contributed by atoms with Crippen LogP contribution in [-0.2, 0) is 0 Å². The molecule has 1 aromatic rings. The fourth-order valence-corrected chi connectivity index (χ4v) is 3.38. The van der Waals surface area contributed by atoms with Gasteiger partial charge in [0.25, 0.3) is 0 Å². The summed E-state index contributed by atoms with van der Waals surface area (Å²) in [5.74, 6) is 0.283. The highest BCUT2D eigenvalue weighted by atomic mass is 35.5. The first-order chi connectivity index (χ1) is 8.16. The van der Waals surface area contributed by atoms with Crippen LogP contribution < -0.4 is 17.3 Å². The number of halogens is 1. The smallest absolute Gasteiger partial charge is 0.180 e. The van der Waals surface area contributed by atoms with Gasteiger partial charge in [0.2, 0.25) is 0 Å². The standard InChI is InChI=1S/C13H20N2OS.ClH/c1-10-13(17-11(2)14-10)12(16)6-9-15-7-4-3-5-8-15;/h3-9H2,1-2H3;1H. The Balaban J connectivity index is 0.00000162. The molecule has 0 aromatic carbocycles. The molecule has 1 N–H and O–H groups in total. The normalized spacial score (nSPS) is 16.3. The second kappa shape index (κ2) is 7.22. The van der Waals surface area contributed by atoms with E-state index in [-0.39, 0.29) is 18.2 Å². The number of Topliss-reactive ketones (excluding diaryl/α,β-unsaturated/α-hetero) is 1. The molecule has 2 rings (SSSR count). The summed E-state index contributed by atoms with van der Waals surface area (Å²) in [5.41, 5.74) is 0.908. The Morgan fingerprint density at radius 3 is 2.50 bits per heavy atom. The van der Waals surface area contributed by atoms with Crippen molar-refractivity contribution >= 4 is 17.1 Å². The molecule has 0 radical (unpaired) electrons. The van der Waals surface area contributed by atoms with Crippen LogP contribution in [0.25, 0.3) is 0 Å². The second-order valence-electron chi connectivity index (χ2n) is 4.88. The third-order valence-electron chi connectivity index (χ3n) is 3.42. The van der Waals surface area contributed by atoms with Crippen LogP contribution in [0.1, 0.15) is 46.1 Å². The van der Waals surface area contributed by atoms with Gasteiger partial charge in [-0.15, -0.1) is 11.3 Å². The molecule has 18 heavy (non-hydrogen) atoms. The number of carbonyl (C=O) groups excluding carboxylic acids is 1. The molecule has 0 saturated carbocycles. The van der Waals surface area contributed by atoms with Crippen LogP contribution in [0, 0.1) is 13.8 Å². The van der Waals surface area contributed by atoms with Crippen molar-refractivity contribution in [2.75, 3.05) is 19.6 Å². The SMILES string of the molecule is Cc1nc(C)c(C(=O)CC[NH+]2CCCCC2)s1.[Cl-]. The first-order valence-electron chi connectivity index (χ1n) is 6.47. The average molecular weight is 289 g/mol. The van der Waals surface area contributed by atoms with Crippen molar-refractivity contribution in [3.63, 3.8) is 0 Å². The van der Waals surface area contributed by atoms with Crippen molar-refractivity contribution in [3.8, 4) is 0 Å². The zero-order chi connectivity index (χ0) is 12.3. The van der Waals surface area contributed by atoms with Gasteiger partial charge >= 0.3 is 0 Å². The van der Waals surface area contributed by atoms with Crippen molar-refractivity contribution in [2.24, 2.45) is 0 Å². The molecule has 1 aliphatic heterocycles. The van der Waals surface area contributed by atoms with E-state index in [1.165, 1.54) is 43.7 Å². The van der Waals surface area contributed by atoms with Crippen LogP contribution in [-0.4, -0.2) is 30.4 Å². The molecule has 0 unspecified atom stereocenters. The van der Waals surface area contributed by atoms with Crippen LogP contribution in [0.3, 0.4) is 0 Å². The van der Waals surface area contributed by atoms with Crippen molar-refractivity contribution in [1.29, 1.82) is 0 Å². The van der Waals surface area contributed by atoms with Gasteiger partial charge in [0, 0.05) is 0 Å². The van der Waals surface area contributed by atoms with E-state index >= 15 is 0 Å². The molecule has 1 aliphatic rings. The number of rotatable bonds is 4. The monoisotopic (exact) mass is 288 g/mol. The maximum atomic E-state index is 12.1. The highest BCUT2D eigenvalue weighted by Gasteiger charge is 2.18. The second-order valence-corrected chi connectivity index (χ2v) is 6.08. The molecule has 0 atom stereocenters. The fourth-order valence-electron chi connectivity index (χ4n) is 2.50. The molecule has 1 aromatic heterocycles. The van der Waals surface area contributed by atoms with Crippen molar-refractivity contribution in [2.45, 2.75) is 39.5 Å². The Morgan fingerprint density at radius 1 is 1.28 bits per heavy atom. The van der Waals surface area contributed by atoms with Gasteiger partial charge in [-0.1, -0.05) is 0 Å². The largest absolute Gasteiger partial charge is 1.00 e. The molecule has 2 heterocycles. The zero-order valence-corrected chi connectivity index (χ0v) is 12.7. The predicted molar refractivity (Wildman–Crippen MR) is 70.0 cm³/mol. The highest BCUT2D eigenvalue weighted by Crippen LogP contribution is 2.18. The van der Waals surface area contributed by atoms with Crippen LogP contribution in [0.2, 0.25) is 0 Å². The maximum absolute atomic E-state index is 12.1. The summed E-state index contributed by atoms with van der Waals surface area (Å²) in [6.07, 6.45) is 4.69. The van der Waals surface area contributed by atoms with E-state index in [9.17, 15) is 4.79 Å². The van der Waals surface area contributed by atoms with Crippen LogP contribution in [0.4, 0.5) is 0 Å². The van der Waals surface area contributed by atoms with E-state index in [4.69, 9.17) is 0 Å². The molecule has 0 bridgehead atoms. The number of piperidine rings is 1. The van der Waals surface area contributed by atoms with Gasteiger partial charge in [0.1, 0.15) is 0 Å². The summed E-state index contributed by atoms with van der Waals surface area (Å²) < 4.78 is 0. The van der Waals surface area contributed by atoms with Gasteiger partial charge in [0.05, 0.1) is 41.6 Å². The van der Waals surface area contributed by atoms with E-state index in [1.54, 1.807) is 4.90 Å². The number of quaternary nitrogens is 1. The first kappa shape index (κ1) is 15.6. The zero-order valence-electron chi connectivity index (χ0n) is 11.1. The molecular weight excluding hydrogens is 268 g/mol. The summed E-state index contributed by atoms with van der Waals surface area (Å²) >= 11 is 1.54. The van der Waals surface area contributed by atoms with Gasteiger partial charge in [-0.2, -0.15) is 0 Å². The highest BCUT2D eigenvalue weighted by molar-refractivity contribution is 7.13. The van der Waals surface area contributed by atoms with E-state index in [0.29, 0.717) is 6.42 Å². The van der Waals surface area contributed by atoms with Gasteiger partial charge in [0.15, 0.2) is 5.78 Å². The molecule has 3 nitrogen and oxygen atoms in total. The Morgan fingerprint density at radius 2 is 1.94 bits per heavy atom. The van der Waals surface area contributed by atoms with Gasteiger partial charge in [-0.3, -0.25) is 4.79 Å². The van der Waals surface area contributed by atoms with Crippen LogP contribution in [0.5, 0.6) is 0 Å². The Kier molecular flexibility index (Phi) is 6.26. The molecule has 5 heteroatoms. The molecule has 0 spiro atoms. The lowest BCUT2D eigenvalue weighted by atomic mass is 10.1. The maximum Gasteiger partial charge on any atom is 0.180 e.